The molecule has 0 saturated heterocycles. The number of nitrogens with zero attached hydrogens (tertiary/aromatic N) is 1. The highest BCUT2D eigenvalue weighted by Crippen LogP contribution is 2.22. The normalized spacial score (nSPS) is 12.1. The molecule has 2 aromatic rings. The summed E-state index contributed by atoms with van der Waals surface area (Å²) in [6.45, 7) is 7.52. The van der Waals surface area contributed by atoms with Crippen LogP contribution in [0.5, 0.6) is 0 Å². The molecule has 0 aliphatic carbocycles. The second kappa shape index (κ2) is 10.2. The molecule has 6 nitrogen and oxygen atoms in total. The molecule has 0 saturated carbocycles. The molecular formula is C24H29FN2O4. The van der Waals surface area contributed by atoms with E-state index in [9.17, 15) is 18.8 Å². The maximum atomic E-state index is 13.3. The number of likely N-dealkylation sites (N-methyl/N-ethyl adjacent to an activating group) is 1. The van der Waals surface area contributed by atoms with Gasteiger partial charge in [-0.15, -0.1) is 0 Å². The van der Waals surface area contributed by atoms with Crippen LogP contribution in [-0.4, -0.2) is 42.4 Å². The highest BCUT2D eigenvalue weighted by Gasteiger charge is 2.22. The summed E-state index contributed by atoms with van der Waals surface area (Å²) in [4.78, 5) is 38.0. The molecule has 7 heteroatoms. The van der Waals surface area contributed by atoms with Gasteiger partial charge >= 0.3 is 5.97 Å². The number of esters is 1. The van der Waals surface area contributed by atoms with E-state index in [-0.39, 0.29) is 24.3 Å². The van der Waals surface area contributed by atoms with Crippen LogP contribution in [-0.2, 0) is 26.3 Å². The van der Waals surface area contributed by atoms with E-state index >= 15 is 0 Å². The van der Waals surface area contributed by atoms with Crippen molar-refractivity contribution in [1.29, 1.82) is 0 Å². The molecule has 1 atom stereocenters. The van der Waals surface area contributed by atoms with Crippen LogP contribution >= 0.6 is 0 Å². The van der Waals surface area contributed by atoms with Gasteiger partial charge in [-0.3, -0.25) is 14.4 Å². The van der Waals surface area contributed by atoms with Gasteiger partial charge < -0.3 is 15.0 Å². The molecule has 0 bridgehead atoms. The third-order valence-corrected chi connectivity index (χ3v) is 4.75. The lowest BCUT2D eigenvalue weighted by molar-refractivity contribution is -0.157. The summed E-state index contributed by atoms with van der Waals surface area (Å²) in [5.74, 6) is -1.94. The van der Waals surface area contributed by atoms with Gasteiger partial charge in [0.2, 0.25) is 0 Å². The molecule has 0 unspecified atom stereocenters. The van der Waals surface area contributed by atoms with Gasteiger partial charge in [-0.2, -0.15) is 0 Å². The molecule has 0 aromatic heterocycles. The number of benzene rings is 2. The van der Waals surface area contributed by atoms with Crippen molar-refractivity contribution in [3.05, 3.63) is 71.0 Å². The first-order valence-electron chi connectivity index (χ1n) is 10.0. The molecular weight excluding hydrogens is 399 g/mol. The number of hydrogen-bond donors (Lipinski definition) is 1. The SMILES string of the molecule is C[C@H](OC(=O)CNC(=O)c1ccc(C(C)(C)C)cc1)C(=O)N(C)Cc1cccc(F)c1. The Kier molecular flexibility index (Phi) is 7.91. The standard InChI is InChI=1S/C24H29FN2O4/c1-16(23(30)27(5)15-17-7-6-8-20(25)13-17)31-21(28)14-26-22(29)18-9-11-19(12-10-18)24(2,3)4/h6-13,16H,14-15H2,1-5H3,(H,26,29)/t16-/m0/s1. The predicted molar refractivity (Wildman–Crippen MR) is 116 cm³/mol. The second-order valence-electron chi connectivity index (χ2n) is 8.47. The van der Waals surface area contributed by atoms with Crippen LogP contribution in [0, 0.1) is 5.82 Å². The minimum absolute atomic E-state index is 0.0245. The van der Waals surface area contributed by atoms with E-state index in [1.54, 1.807) is 31.3 Å². The van der Waals surface area contributed by atoms with Gasteiger partial charge in [-0.25, -0.2) is 4.39 Å². The maximum absolute atomic E-state index is 13.3. The van der Waals surface area contributed by atoms with E-state index in [0.717, 1.165) is 5.56 Å². The fourth-order valence-corrected chi connectivity index (χ4v) is 2.96. The summed E-state index contributed by atoms with van der Waals surface area (Å²) in [6.07, 6.45) is -1.03. The Labute approximate surface area is 182 Å². The Morgan fingerprint density at radius 2 is 1.74 bits per heavy atom. The summed E-state index contributed by atoms with van der Waals surface area (Å²) in [6, 6.07) is 13.1. The number of ether oxygens (including phenoxy) is 1. The van der Waals surface area contributed by atoms with Crippen LogP contribution in [0.3, 0.4) is 0 Å². The summed E-state index contributed by atoms with van der Waals surface area (Å²) in [5, 5.41) is 2.50. The first-order chi connectivity index (χ1) is 14.5. The molecule has 0 spiro atoms. The van der Waals surface area contributed by atoms with E-state index < -0.39 is 23.9 Å². The van der Waals surface area contributed by atoms with Crippen molar-refractivity contribution in [3.63, 3.8) is 0 Å². The smallest absolute Gasteiger partial charge is 0.326 e. The summed E-state index contributed by atoms with van der Waals surface area (Å²) < 4.78 is 18.4. The average Bonchev–Trinajstić information content (AvgIpc) is 2.70. The minimum Gasteiger partial charge on any atom is -0.451 e. The van der Waals surface area contributed by atoms with Crippen molar-refractivity contribution in [2.45, 2.75) is 45.8 Å². The van der Waals surface area contributed by atoms with Crippen LogP contribution in [0.1, 0.15) is 49.2 Å². The molecule has 31 heavy (non-hydrogen) atoms. The molecule has 0 fully saturated rings. The van der Waals surface area contributed by atoms with E-state index in [1.165, 1.54) is 24.0 Å². The summed E-state index contributed by atoms with van der Waals surface area (Å²) in [5.41, 5.74) is 2.13. The Hall–Kier alpha value is -3.22. The molecule has 2 aromatic carbocycles. The largest absolute Gasteiger partial charge is 0.451 e. The van der Waals surface area contributed by atoms with Gasteiger partial charge in [0.05, 0.1) is 0 Å². The van der Waals surface area contributed by atoms with Gasteiger partial charge in [-0.1, -0.05) is 45.0 Å². The van der Waals surface area contributed by atoms with Gasteiger partial charge in [0.25, 0.3) is 11.8 Å². The molecule has 0 aliphatic heterocycles. The van der Waals surface area contributed by atoms with Gasteiger partial charge in [0.1, 0.15) is 12.4 Å². The first-order valence-corrected chi connectivity index (χ1v) is 10.0. The third kappa shape index (κ3) is 7.20. The lowest BCUT2D eigenvalue weighted by Gasteiger charge is -2.21. The predicted octanol–water partition coefficient (Wildman–Crippen LogP) is 3.44. The highest BCUT2D eigenvalue weighted by atomic mass is 19.1. The van der Waals surface area contributed by atoms with E-state index in [4.69, 9.17) is 4.74 Å². The summed E-state index contributed by atoms with van der Waals surface area (Å²) >= 11 is 0. The number of rotatable bonds is 7. The Balaban J connectivity index is 1.83. The molecule has 1 N–H and O–H groups in total. The zero-order valence-corrected chi connectivity index (χ0v) is 18.6. The number of halogens is 1. The number of nitrogens with one attached hydrogen (secondary N) is 1. The van der Waals surface area contributed by atoms with Gasteiger partial charge in [-0.05, 0) is 47.7 Å². The van der Waals surface area contributed by atoms with Crippen molar-refractivity contribution in [1.82, 2.24) is 10.2 Å². The van der Waals surface area contributed by atoms with Gasteiger partial charge in [0.15, 0.2) is 6.10 Å². The number of carbonyl (C=O) groups is 3. The van der Waals surface area contributed by atoms with Crippen molar-refractivity contribution in [3.8, 4) is 0 Å². The second-order valence-corrected chi connectivity index (χ2v) is 8.47. The monoisotopic (exact) mass is 428 g/mol. The number of carbonyl (C=O) groups excluding carboxylic acids is 3. The zero-order valence-electron chi connectivity index (χ0n) is 18.6. The van der Waals surface area contributed by atoms with E-state index in [0.29, 0.717) is 11.1 Å². The van der Waals surface area contributed by atoms with Gasteiger partial charge in [0, 0.05) is 19.2 Å². The quantitative estimate of drug-likeness (QED) is 0.686. The molecule has 2 amide bonds. The Morgan fingerprint density at radius 3 is 2.32 bits per heavy atom. The minimum atomic E-state index is -1.03. The van der Waals surface area contributed by atoms with Crippen LogP contribution in [0.2, 0.25) is 0 Å². The number of hydrogen-bond acceptors (Lipinski definition) is 4. The Morgan fingerprint density at radius 1 is 1.10 bits per heavy atom. The van der Waals surface area contributed by atoms with Crippen LogP contribution in [0.15, 0.2) is 48.5 Å². The average molecular weight is 429 g/mol. The fraction of sp³-hybridized carbons (Fsp3) is 0.375. The van der Waals surface area contributed by atoms with Crippen LogP contribution in [0.4, 0.5) is 4.39 Å². The number of amides is 2. The lowest BCUT2D eigenvalue weighted by Crippen LogP contribution is -2.39. The zero-order chi connectivity index (χ0) is 23.2. The van der Waals surface area contributed by atoms with Crippen molar-refractivity contribution in [2.75, 3.05) is 13.6 Å². The van der Waals surface area contributed by atoms with Crippen molar-refractivity contribution >= 4 is 17.8 Å². The molecule has 0 radical (unpaired) electrons. The summed E-state index contributed by atoms with van der Waals surface area (Å²) in [7, 11) is 1.54. The maximum Gasteiger partial charge on any atom is 0.326 e. The Bertz CT molecular complexity index is 935. The lowest BCUT2D eigenvalue weighted by atomic mass is 9.87. The van der Waals surface area contributed by atoms with E-state index in [1.807, 2.05) is 12.1 Å². The van der Waals surface area contributed by atoms with Crippen molar-refractivity contribution < 1.29 is 23.5 Å². The van der Waals surface area contributed by atoms with Crippen LogP contribution < -0.4 is 5.32 Å². The molecule has 0 aliphatic rings. The van der Waals surface area contributed by atoms with E-state index in [2.05, 4.69) is 26.1 Å². The topological polar surface area (TPSA) is 75.7 Å². The van der Waals surface area contributed by atoms with Crippen LogP contribution in [0.25, 0.3) is 0 Å². The first kappa shape index (κ1) is 24.1. The molecule has 0 heterocycles. The molecule has 166 valence electrons. The fourth-order valence-electron chi connectivity index (χ4n) is 2.96. The highest BCUT2D eigenvalue weighted by molar-refractivity contribution is 5.96. The van der Waals surface area contributed by atoms with Crippen molar-refractivity contribution in [2.24, 2.45) is 0 Å². The molecule has 2 rings (SSSR count). The third-order valence-electron chi connectivity index (χ3n) is 4.75.